The predicted molar refractivity (Wildman–Crippen MR) is 180 cm³/mol. The summed E-state index contributed by atoms with van der Waals surface area (Å²) in [6.07, 6.45) is 0.696. The molecular formula is C31H46Cl2N8O5. The van der Waals surface area contributed by atoms with Gasteiger partial charge in [-0.25, -0.2) is 15.0 Å². The zero-order chi connectivity index (χ0) is 33.5. The molecule has 0 radical (unpaired) electrons. The van der Waals surface area contributed by atoms with Crippen LogP contribution < -0.4 is 15.8 Å². The number of halogens is 2. The van der Waals surface area contributed by atoms with Crippen LogP contribution in [0, 0.1) is 6.92 Å². The van der Waals surface area contributed by atoms with Crippen molar-refractivity contribution in [1.82, 2.24) is 30.5 Å². The van der Waals surface area contributed by atoms with Crippen LogP contribution >= 0.6 is 23.2 Å². The van der Waals surface area contributed by atoms with Gasteiger partial charge in [-0.2, -0.15) is 0 Å². The van der Waals surface area contributed by atoms with Crippen molar-refractivity contribution < 1.29 is 23.8 Å². The largest absolute Gasteiger partial charge is 0.462 e. The lowest BCUT2D eigenvalue weighted by Crippen LogP contribution is -2.49. The molecule has 1 aromatic carbocycles. The van der Waals surface area contributed by atoms with E-state index in [0.29, 0.717) is 86.3 Å². The number of hydrazine groups is 1. The number of nitrogens with zero attached hydrogens (tertiary/aromatic N) is 6. The summed E-state index contributed by atoms with van der Waals surface area (Å²) < 4.78 is 15.7. The third-order valence-electron chi connectivity index (χ3n) is 6.83. The molecule has 4 rings (SSSR count). The molecule has 2 aliphatic heterocycles. The SMILES string of the molecule is CC(C)(C)OC=O.CNCCOCCOCCN1CCN(C(=O)c2cc(N=C3CCN(c4ccc(Cl)c(Cl)c4)N3)nc(C)n2)CC1. The van der Waals surface area contributed by atoms with Gasteiger partial charge in [0.2, 0.25) is 0 Å². The molecule has 0 bridgehead atoms. The van der Waals surface area contributed by atoms with Gasteiger partial charge in [0.15, 0.2) is 5.82 Å². The number of amidine groups is 1. The van der Waals surface area contributed by atoms with Crippen LogP contribution in [0.5, 0.6) is 0 Å². The van der Waals surface area contributed by atoms with Crippen molar-refractivity contribution in [2.75, 3.05) is 84.3 Å². The van der Waals surface area contributed by atoms with Gasteiger partial charge in [-0.3, -0.25) is 24.9 Å². The molecule has 0 unspecified atom stereocenters. The van der Waals surface area contributed by atoms with Gasteiger partial charge in [0, 0.05) is 58.3 Å². The van der Waals surface area contributed by atoms with Gasteiger partial charge in [-0.1, -0.05) is 23.2 Å². The van der Waals surface area contributed by atoms with Crippen molar-refractivity contribution >= 4 is 52.9 Å². The standard InChI is InChI=1S/C26H36Cl2N8O3.C5H10O2/c1-19-30-23(26(37)35-10-8-34(9-11-35)12-14-39-16-15-38-13-6-29-2)18-25(31-19)32-24-5-7-36(33-24)20-3-4-21(27)22(28)17-20;1-5(2,3)7-4-6/h3-4,17-18,29H,5-16H2,1-2H3,(H,30,31,32,33);4H,1-3H3. The topological polar surface area (TPSA) is 134 Å². The third-order valence-corrected chi connectivity index (χ3v) is 7.56. The maximum atomic E-state index is 13.2. The lowest BCUT2D eigenvalue weighted by Gasteiger charge is -2.34. The maximum absolute atomic E-state index is 13.2. The number of rotatable bonds is 13. The number of hydrogen-bond acceptors (Lipinski definition) is 11. The zero-order valence-corrected chi connectivity index (χ0v) is 28.9. The molecule has 13 nitrogen and oxygen atoms in total. The normalized spacial score (nSPS) is 16.2. The second kappa shape index (κ2) is 18.9. The number of anilines is 1. The Bertz CT molecular complexity index is 1300. The fraction of sp³-hybridized carbons (Fsp3) is 0.581. The van der Waals surface area contributed by atoms with E-state index in [1.54, 1.807) is 25.1 Å². The summed E-state index contributed by atoms with van der Waals surface area (Å²) in [5.41, 5.74) is 4.21. The number of aromatic nitrogens is 2. The number of benzene rings is 1. The molecule has 2 aliphatic rings. The van der Waals surface area contributed by atoms with Crippen molar-refractivity contribution in [2.45, 2.75) is 39.7 Å². The van der Waals surface area contributed by atoms with E-state index in [0.717, 1.165) is 37.7 Å². The monoisotopic (exact) mass is 680 g/mol. The number of aliphatic imine (C=N–C) groups is 1. The summed E-state index contributed by atoms with van der Waals surface area (Å²) in [5.74, 6) is 1.60. The fourth-order valence-corrected chi connectivity index (χ4v) is 4.73. The van der Waals surface area contributed by atoms with E-state index >= 15 is 0 Å². The van der Waals surface area contributed by atoms with Gasteiger partial charge in [-0.15, -0.1) is 0 Å². The van der Waals surface area contributed by atoms with Gasteiger partial charge in [0.1, 0.15) is 23.0 Å². The number of amides is 1. The molecule has 1 amide bonds. The molecule has 2 fully saturated rings. The molecule has 46 heavy (non-hydrogen) atoms. The van der Waals surface area contributed by atoms with Crippen LogP contribution in [0.1, 0.15) is 43.5 Å². The second-order valence-electron chi connectivity index (χ2n) is 11.6. The molecule has 0 atom stereocenters. The number of carbonyl (C=O) groups is 2. The van der Waals surface area contributed by atoms with E-state index in [2.05, 4.69) is 35.3 Å². The van der Waals surface area contributed by atoms with Crippen molar-refractivity contribution in [3.63, 3.8) is 0 Å². The maximum Gasteiger partial charge on any atom is 0.293 e. The number of carbonyl (C=O) groups excluding carboxylic acids is 2. The average Bonchev–Trinajstić information content (AvgIpc) is 3.47. The molecule has 1 aromatic heterocycles. The first-order chi connectivity index (χ1) is 22.0. The number of ether oxygens (including phenoxy) is 3. The van der Waals surface area contributed by atoms with E-state index < -0.39 is 0 Å². The molecular weight excluding hydrogens is 635 g/mol. The summed E-state index contributed by atoms with van der Waals surface area (Å²) >= 11 is 12.2. The number of likely N-dealkylation sites (N-methyl/N-ethyl adjacent to an activating group) is 1. The smallest absolute Gasteiger partial charge is 0.293 e. The first-order valence-corrected chi connectivity index (χ1v) is 16.1. The second-order valence-corrected chi connectivity index (χ2v) is 12.4. The third kappa shape index (κ3) is 13.0. The van der Waals surface area contributed by atoms with E-state index in [4.69, 9.17) is 32.7 Å². The molecule has 2 aromatic rings. The van der Waals surface area contributed by atoms with Crippen molar-refractivity contribution in [1.29, 1.82) is 0 Å². The Morgan fingerprint density at radius 2 is 1.74 bits per heavy atom. The number of aryl methyl sites for hydroxylation is 1. The predicted octanol–water partition coefficient (Wildman–Crippen LogP) is 3.51. The van der Waals surface area contributed by atoms with Crippen LogP contribution in [0.15, 0.2) is 29.3 Å². The Morgan fingerprint density at radius 3 is 2.37 bits per heavy atom. The molecule has 0 aliphatic carbocycles. The highest BCUT2D eigenvalue weighted by molar-refractivity contribution is 6.42. The molecule has 254 valence electrons. The minimum Gasteiger partial charge on any atom is -0.462 e. The van der Waals surface area contributed by atoms with Gasteiger partial charge in [-0.05, 0) is 52.9 Å². The summed E-state index contributed by atoms with van der Waals surface area (Å²) in [5, 5.41) is 5.99. The van der Waals surface area contributed by atoms with Gasteiger partial charge in [0.25, 0.3) is 12.4 Å². The molecule has 2 saturated heterocycles. The van der Waals surface area contributed by atoms with Crippen LogP contribution in [-0.2, 0) is 19.0 Å². The van der Waals surface area contributed by atoms with Crippen molar-refractivity contribution in [3.05, 3.63) is 45.8 Å². The van der Waals surface area contributed by atoms with E-state index in [1.165, 1.54) is 0 Å². The summed E-state index contributed by atoms with van der Waals surface area (Å²) in [7, 11) is 1.90. The van der Waals surface area contributed by atoms with Gasteiger partial charge < -0.3 is 24.4 Å². The molecule has 15 heteroatoms. The highest BCUT2D eigenvalue weighted by atomic mass is 35.5. The first-order valence-electron chi connectivity index (χ1n) is 15.3. The number of piperazine rings is 1. The van der Waals surface area contributed by atoms with Crippen LogP contribution in [0.2, 0.25) is 10.0 Å². The molecule has 0 saturated carbocycles. The Kier molecular flexibility index (Phi) is 15.4. The zero-order valence-electron chi connectivity index (χ0n) is 27.4. The Hall–Kier alpha value is -3.07. The quantitative estimate of drug-likeness (QED) is 0.238. The van der Waals surface area contributed by atoms with Crippen molar-refractivity contribution in [3.8, 4) is 0 Å². The minimum absolute atomic E-state index is 0.103. The van der Waals surface area contributed by atoms with Crippen LogP contribution in [0.4, 0.5) is 11.5 Å². The minimum atomic E-state index is -0.318. The van der Waals surface area contributed by atoms with Crippen molar-refractivity contribution in [2.24, 2.45) is 4.99 Å². The fourth-order valence-electron chi connectivity index (χ4n) is 4.44. The summed E-state index contributed by atoms with van der Waals surface area (Å²) in [6.45, 7) is 15.5. The Balaban J connectivity index is 0.000000738. The lowest BCUT2D eigenvalue weighted by atomic mass is 10.2. The first kappa shape index (κ1) is 37.4. The van der Waals surface area contributed by atoms with E-state index in [9.17, 15) is 9.59 Å². The highest BCUT2D eigenvalue weighted by Gasteiger charge is 2.24. The number of hydrogen-bond donors (Lipinski definition) is 2. The average molecular weight is 682 g/mol. The Labute approximate surface area is 281 Å². The summed E-state index contributed by atoms with van der Waals surface area (Å²) in [4.78, 5) is 40.5. The lowest BCUT2D eigenvalue weighted by molar-refractivity contribution is -0.138. The summed E-state index contributed by atoms with van der Waals surface area (Å²) in [6, 6.07) is 7.12. The van der Waals surface area contributed by atoms with Crippen LogP contribution in [0.3, 0.4) is 0 Å². The van der Waals surface area contributed by atoms with E-state index in [1.807, 2.05) is 43.8 Å². The highest BCUT2D eigenvalue weighted by Crippen LogP contribution is 2.28. The van der Waals surface area contributed by atoms with Crippen LogP contribution in [0.25, 0.3) is 0 Å². The van der Waals surface area contributed by atoms with Gasteiger partial charge >= 0.3 is 0 Å². The van der Waals surface area contributed by atoms with Crippen LogP contribution in [-0.4, -0.2) is 123 Å². The number of nitrogens with one attached hydrogen (secondary N) is 2. The molecule has 3 heterocycles. The molecule has 0 spiro atoms. The Morgan fingerprint density at radius 1 is 1.02 bits per heavy atom. The molecule has 2 N–H and O–H groups in total. The van der Waals surface area contributed by atoms with E-state index in [-0.39, 0.29) is 11.5 Å². The van der Waals surface area contributed by atoms with Gasteiger partial charge in [0.05, 0.1) is 42.2 Å².